The molecule has 0 aromatic rings. The zero-order chi connectivity index (χ0) is 6.53. The Labute approximate surface area is 65.5 Å². The highest BCUT2D eigenvalue weighted by Crippen LogP contribution is 2.10. The lowest BCUT2D eigenvalue weighted by atomic mass is 10.2. The maximum Gasteiger partial charge on any atom is 0.456 e. The summed E-state index contributed by atoms with van der Waals surface area (Å²) in [6, 6.07) is 0. The fourth-order valence-corrected chi connectivity index (χ4v) is 3.33. The molecule has 4 heteroatoms. The Hall–Kier alpha value is 0.669. The number of hydrogen-bond donors (Lipinski definition) is 0. The monoisotopic (exact) mass is 160 g/mol. The molecule has 0 aliphatic carbocycles. The predicted molar refractivity (Wildman–Crippen MR) is 41.8 cm³/mol. The van der Waals surface area contributed by atoms with Gasteiger partial charge in [0.2, 0.25) is 0 Å². The summed E-state index contributed by atoms with van der Waals surface area (Å²) in [6.45, 7) is 0.975. The van der Waals surface area contributed by atoms with Crippen molar-refractivity contribution in [1.29, 1.82) is 0 Å². The van der Waals surface area contributed by atoms with E-state index < -0.39 is 0 Å². The van der Waals surface area contributed by atoms with E-state index in [9.17, 15) is 0 Å². The van der Waals surface area contributed by atoms with Crippen molar-refractivity contribution in [3.05, 3.63) is 0 Å². The molecule has 1 rings (SSSR count). The average Bonchev–Trinajstić information content (AvgIpc) is 1.91. The second kappa shape index (κ2) is 4.48. The van der Waals surface area contributed by atoms with Crippen molar-refractivity contribution in [3.63, 3.8) is 0 Å². The largest absolute Gasteiger partial charge is 0.554 e. The molecule has 1 saturated heterocycles. The van der Waals surface area contributed by atoms with E-state index in [-0.39, 0.29) is 15.6 Å². The molecule has 1 unspecified atom stereocenters. The SMILES string of the molecule is [SiH3][O][AlH][CH]1CCCCO1. The van der Waals surface area contributed by atoms with Gasteiger partial charge in [-0.1, -0.05) is 0 Å². The standard InChI is InChI=1S/C5H9O.Al.H3OSi.H/c1-2-4-6-5-3-1;;1-2;/h4H,1-3,5H2;;2H3;/q;+1;-1;. The Kier molecular flexibility index (Phi) is 3.87. The normalized spacial score (nSPS) is 28.2. The summed E-state index contributed by atoms with van der Waals surface area (Å²) >= 11 is -0.285. The summed E-state index contributed by atoms with van der Waals surface area (Å²) in [5.74, 6) is 0. The highest BCUT2D eigenvalue weighted by atomic mass is 28.2. The van der Waals surface area contributed by atoms with Crippen LogP contribution in [0, 0.1) is 0 Å². The topological polar surface area (TPSA) is 18.5 Å². The van der Waals surface area contributed by atoms with E-state index in [0.29, 0.717) is 4.97 Å². The molecule has 1 heterocycles. The van der Waals surface area contributed by atoms with Crippen LogP contribution in [0.1, 0.15) is 19.3 Å². The van der Waals surface area contributed by atoms with Crippen LogP contribution in [0.15, 0.2) is 0 Å². The molecule has 0 bridgehead atoms. The van der Waals surface area contributed by atoms with Crippen LogP contribution >= 0.6 is 0 Å². The Morgan fingerprint density at radius 2 is 2.44 bits per heavy atom. The third-order valence-electron chi connectivity index (χ3n) is 1.63. The van der Waals surface area contributed by atoms with Gasteiger partial charge < -0.3 is 8.21 Å². The Morgan fingerprint density at radius 3 is 3.00 bits per heavy atom. The van der Waals surface area contributed by atoms with Gasteiger partial charge in [-0.25, -0.2) is 0 Å². The summed E-state index contributed by atoms with van der Waals surface area (Å²) in [4.78, 5) is 0.552. The molecule has 1 fully saturated rings. The third kappa shape index (κ3) is 2.83. The maximum atomic E-state index is 5.48. The minimum absolute atomic E-state index is 0.285. The summed E-state index contributed by atoms with van der Waals surface area (Å²) in [7, 11) is 0.904. The Bertz CT molecular complexity index is 72.6. The third-order valence-corrected chi connectivity index (χ3v) is 3.98. The highest BCUT2D eigenvalue weighted by molar-refractivity contribution is 6.35. The van der Waals surface area contributed by atoms with E-state index in [2.05, 4.69) is 0 Å². The zero-order valence-corrected chi connectivity index (χ0v) is 9.34. The number of hydrogen-bond acceptors (Lipinski definition) is 2. The van der Waals surface area contributed by atoms with Crippen molar-refractivity contribution in [1.82, 2.24) is 0 Å². The summed E-state index contributed by atoms with van der Waals surface area (Å²) in [5, 5.41) is 0. The lowest BCUT2D eigenvalue weighted by molar-refractivity contribution is 0.0601. The van der Waals surface area contributed by atoms with E-state index in [1.807, 2.05) is 0 Å². The van der Waals surface area contributed by atoms with E-state index in [1.54, 1.807) is 0 Å². The van der Waals surface area contributed by atoms with Crippen LogP contribution in [0.3, 0.4) is 0 Å². The van der Waals surface area contributed by atoms with Crippen molar-refractivity contribution in [2.45, 2.75) is 24.2 Å². The first-order chi connectivity index (χ1) is 4.43. The lowest BCUT2D eigenvalue weighted by Crippen LogP contribution is -2.26. The van der Waals surface area contributed by atoms with Crippen LogP contribution in [-0.4, -0.2) is 37.6 Å². The number of rotatable bonds is 2. The van der Waals surface area contributed by atoms with E-state index in [4.69, 9.17) is 8.21 Å². The molecule has 0 radical (unpaired) electrons. The summed E-state index contributed by atoms with van der Waals surface area (Å²) in [6.07, 6.45) is 3.86. The summed E-state index contributed by atoms with van der Waals surface area (Å²) in [5.41, 5.74) is 0. The van der Waals surface area contributed by atoms with E-state index in [1.165, 1.54) is 19.3 Å². The van der Waals surface area contributed by atoms with Gasteiger partial charge in [0, 0.05) is 11.6 Å². The van der Waals surface area contributed by atoms with E-state index >= 15 is 0 Å². The maximum absolute atomic E-state index is 5.48. The molecule has 9 heavy (non-hydrogen) atoms. The molecule has 52 valence electrons. The molecular weight excluding hydrogens is 147 g/mol. The molecule has 1 aliphatic rings. The van der Waals surface area contributed by atoms with Gasteiger partial charge in [0.1, 0.15) is 10.5 Å². The van der Waals surface area contributed by atoms with Crippen LogP contribution in [-0.2, 0) is 8.21 Å². The first-order valence-electron chi connectivity index (χ1n) is 3.54. The smallest absolute Gasteiger partial charge is 0.456 e. The predicted octanol–water partition coefficient (Wildman–Crippen LogP) is -0.839. The molecule has 0 amide bonds. The first kappa shape index (κ1) is 7.77. The molecule has 0 aromatic carbocycles. The van der Waals surface area contributed by atoms with Gasteiger partial charge in [-0.3, -0.25) is 0 Å². The van der Waals surface area contributed by atoms with Crippen LogP contribution in [0.2, 0.25) is 0 Å². The van der Waals surface area contributed by atoms with Gasteiger partial charge in [-0.05, 0) is 19.3 Å². The van der Waals surface area contributed by atoms with Gasteiger partial charge >= 0.3 is 15.6 Å². The van der Waals surface area contributed by atoms with Crippen LogP contribution in [0.5, 0.6) is 0 Å². The first-order valence-corrected chi connectivity index (χ1v) is 5.75. The van der Waals surface area contributed by atoms with Crippen LogP contribution in [0.25, 0.3) is 0 Å². The lowest BCUT2D eigenvalue weighted by Gasteiger charge is -2.20. The second-order valence-electron chi connectivity index (χ2n) is 2.44. The van der Waals surface area contributed by atoms with Crippen molar-refractivity contribution in [3.8, 4) is 0 Å². The van der Waals surface area contributed by atoms with Crippen molar-refractivity contribution < 1.29 is 8.21 Å². The molecule has 0 saturated carbocycles. The van der Waals surface area contributed by atoms with E-state index in [0.717, 1.165) is 17.1 Å². The van der Waals surface area contributed by atoms with Crippen LogP contribution in [0.4, 0.5) is 0 Å². The molecule has 0 aromatic heterocycles. The van der Waals surface area contributed by atoms with Crippen molar-refractivity contribution >= 4 is 26.0 Å². The van der Waals surface area contributed by atoms with Gasteiger partial charge in [-0.2, -0.15) is 0 Å². The Morgan fingerprint density at radius 1 is 1.56 bits per heavy atom. The van der Waals surface area contributed by atoms with Gasteiger partial charge in [0.25, 0.3) is 0 Å². The van der Waals surface area contributed by atoms with Gasteiger partial charge in [0.05, 0.1) is 0 Å². The molecule has 1 aliphatic heterocycles. The fourth-order valence-electron chi connectivity index (χ4n) is 1.12. The second-order valence-corrected chi connectivity index (χ2v) is 6.00. The average molecular weight is 160 g/mol. The molecule has 0 N–H and O–H groups in total. The minimum Gasteiger partial charge on any atom is -0.554 e. The highest BCUT2D eigenvalue weighted by Gasteiger charge is 2.15. The quantitative estimate of drug-likeness (QED) is 0.490. The van der Waals surface area contributed by atoms with Gasteiger partial charge in [-0.15, -0.1) is 0 Å². The zero-order valence-electron chi connectivity index (χ0n) is 5.93. The number of ether oxygens (including phenoxy) is 1. The minimum atomic E-state index is -0.285. The van der Waals surface area contributed by atoms with Gasteiger partial charge in [0.15, 0.2) is 0 Å². The molecular formula is C5H13AlO2Si. The molecule has 0 spiro atoms. The van der Waals surface area contributed by atoms with Crippen molar-refractivity contribution in [2.75, 3.05) is 6.61 Å². The van der Waals surface area contributed by atoms with Crippen LogP contribution < -0.4 is 0 Å². The Balaban J connectivity index is 2.08. The van der Waals surface area contributed by atoms with Crippen molar-refractivity contribution in [2.24, 2.45) is 0 Å². The summed E-state index contributed by atoms with van der Waals surface area (Å²) < 4.78 is 10.7. The fraction of sp³-hybridized carbons (Fsp3) is 1.00. The molecule has 2 nitrogen and oxygen atoms in total. The molecule has 1 atom stereocenters.